The number of primary amides is 1. The number of hydrogen-bond donors (Lipinski definition) is 4. The van der Waals surface area contributed by atoms with E-state index in [2.05, 4.69) is 15.6 Å². The minimum absolute atomic E-state index is 0.0293. The molecule has 49 heavy (non-hydrogen) atoms. The molecule has 5 N–H and O–H groups in total. The van der Waals surface area contributed by atoms with Crippen molar-refractivity contribution in [3.8, 4) is 11.4 Å². The Bertz CT molecular complexity index is 2170. The minimum Gasteiger partial charge on any atom is -0.458 e. The lowest BCUT2D eigenvalue weighted by molar-refractivity contribution is -0.172. The topological polar surface area (TPSA) is 196 Å². The number of cyclic esters (lactones) is 1. The van der Waals surface area contributed by atoms with Crippen LogP contribution in [0.25, 0.3) is 22.3 Å². The van der Waals surface area contributed by atoms with Gasteiger partial charge in [-0.25, -0.2) is 14.2 Å². The van der Waals surface area contributed by atoms with Crippen molar-refractivity contribution >= 4 is 34.6 Å². The van der Waals surface area contributed by atoms with Gasteiger partial charge in [0.2, 0.25) is 17.7 Å². The van der Waals surface area contributed by atoms with E-state index in [1.165, 1.54) is 23.0 Å². The van der Waals surface area contributed by atoms with Crippen LogP contribution < -0.4 is 21.9 Å². The lowest BCUT2D eigenvalue weighted by atomic mass is 9.81. The number of pyridine rings is 3. The van der Waals surface area contributed by atoms with Crippen molar-refractivity contribution in [3.05, 3.63) is 91.8 Å². The molecular weight excluding hydrogens is 635 g/mol. The fourth-order valence-electron chi connectivity index (χ4n) is 7.31. The number of aryl methyl sites for hydroxylation is 1. The van der Waals surface area contributed by atoms with E-state index in [1.807, 2.05) is 0 Å². The van der Waals surface area contributed by atoms with Gasteiger partial charge >= 0.3 is 5.97 Å². The zero-order valence-electron chi connectivity index (χ0n) is 26.8. The molecule has 3 aromatic heterocycles. The highest BCUT2D eigenvalue weighted by Gasteiger charge is 2.46. The highest BCUT2D eigenvalue weighted by atomic mass is 19.1. The molecule has 0 bridgehead atoms. The van der Waals surface area contributed by atoms with Crippen LogP contribution in [0, 0.1) is 12.7 Å². The molecule has 3 aliphatic rings. The normalized spacial score (nSPS) is 19.3. The van der Waals surface area contributed by atoms with E-state index in [-0.39, 0.29) is 37.1 Å². The lowest BCUT2D eigenvalue weighted by Crippen LogP contribution is -2.50. The largest absolute Gasteiger partial charge is 0.458 e. The molecule has 1 aromatic carbocycles. The SMILES string of the molecule is CC[C@@]1(O)C(=O)OCc2c1cc1n(c2=O)Cc2c-1nc1cc(F)c(C)c3c1c2[C@@H](NC(=O)[C@H](CC(N)=O)NC(=O)Cc1ccncc1)CC3. The molecule has 252 valence electrons. The number of ether oxygens (including phenoxy) is 1. The first-order chi connectivity index (χ1) is 23.4. The van der Waals surface area contributed by atoms with Crippen LogP contribution in [0.3, 0.4) is 0 Å². The molecule has 7 rings (SSSR count). The molecule has 2 aliphatic heterocycles. The molecule has 0 radical (unpaired) electrons. The minimum atomic E-state index is -2.03. The Kier molecular flexibility index (Phi) is 7.77. The number of carbonyl (C=O) groups excluding carboxylic acids is 4. The Labute approximate surface area is 278 Å². The summed E-state index contributed by atoms with van der Waals surface area (Å²) < 4.78 is 21.9. The predicted molar refractivity (Wildman–Crippen MR) is 172 cm³/mol. The van der Waals surface area contributed by atoms with Gasteiger partial charge in [-0.05, 0) is 66.6 Å². The number of aliphatic hydroxyl groups is 1. The van der Waals surface area contributed by atoms with E-state index in [9.17, 15) is 29.1 Å². The molecular formula is C35H33FN6O7. The van der Waals surface area contributed by atoms with E-state index >= 15 is 4.39 Å². The average molecular weight is 669 g/mol. The van der Waals surface area contributed by atoms with Crippen molar-refractivity contribution in [1.29, 1.82) is 0 Å². The molecule has 3 amide bonds. The van der Waals surface area contributed by atoms with Gasteiger partial charge < -0.3 is 30.8 Å². The number of hydrogen-bond acceptors (Lipinski definition) is 9. The molecule has 0 saturated carbocycles. The number of aromatic nitrogens is 3. The summed E-state index contributed by atoms with van der Waals surface area (Å²) in [6.07, 6.45) is 3.30. The highest BCUT2D eigenvalue weighted by molar-refractivity contribution is 5.96. The molecule has 0 fully saturated rings. The van der Waals surface area contributed by atoms with Crippen LogP contribution >= 0.6 is 0 Å². The van der Waals surface area contributed by atoms with Gasteiger partial charge in [0.1, 0.15) is 18.5 Å². The third-order valence-corrected chi connectivity index (χ3v) is 9.87. The molecule has 13 nitrogen and oxygen atoms in total. The van der Waals surface area contributed by atoms with Crippen molar-refractivity contribution in [2.24, 2.45) is 5.73 Å². The summed E-state index contributed by atoms with van der Waals surface area (Å²) in [5.74, 6) is -3.22. The molecule has 1 aliphatic carbocycles. The van der Waals surface area contributed by atoms with Gasteiger partial charge in [0, 0.05) is 35.0 Å². The summed E-state index contributed by atoms with van der Waals surface area (Å²) >= 11 is 0. The smallest absolute Gasteiger partial charge is 0.343 e. The highest BCUT2D eigenvalue weighted by Crippen LogP contribution is 2.46. The zero-order chi connectivity index (χ0) is 34.8. The first-order valence-corrected chi connectivity index (χ1v) is 16.0. The maximum atomic E-state index is 15.3. The van der Waals surface area contributed by atoms with E-state index < -0.39 is 59.2 Å². The van der Waals surface area contributed by atoms with Gasteiger partial charge in [-0.3, -0.25) is 24.2 Å². The van der Waals surface area contributed by atoms with Crippen LogP contribution in [-0.4, -0.2) is 49.4 Å². The third kappa shape index (κ3) is 5.23. The maximum Gasteiger partial charge on any atom is 0.343 e. The number of carbonyl (C=O) groups is 4. The number of fused-ring (bicyclic) bond motifs is 5. The second-order valence-electron chi connectivity index (χ2n) is 12.7. The van der Waals surface area contributed by atoms with E-state index in [1.54, 1.807) is 32.0 Å². The summed E-state index contributed by atoms with van der Waals surface area (Å²) in [5.41, 5.74) is 7.38. The number of nitrogens with zero attached hydrogens (tertiary/aromatic N) is 3. The summed E-state index contributed by atoms with van der Waals surface area (Å²) in [6.45, 7) is 3.05. The van der Waals surface area contributed by atoms with Crippen molar-refractivity contribution < 1.29 is 33.4 Å². The lowest BCUT2D eigenvalue weighted by Gasteiger charge is -2.31. The van der Waals surface area contributed by atoms with Crippen LogP contribution in [0.4, 0.5) is 4.39 Å². The van der Waals surface area contributed by atoms with Gasteiger partial charge in [0.15, 0.2) is 5.60 Å². The molecule has 3 atom stereocenters. The quantitative estimate of drug-likeness (QED) is 0.178. The Morgan fingerprint density at radius 3 is 2.65 bits per heavy atom. The number of nitrogens with one attached hydrogen (secondary N) is 2. The third-order valence-electron chi connectivity index (χ3n) is 9.87. The van der Waals surface area contributed by atoms with Crippen molar-refractivity contribution in [3.63, 3.8) is 0 Å². The first kappa shape index (κ1) is 32.1. The number of rotatable bonds is 8. The van der Waals surface area contributed by atoms with Crippen LogP contribution in [-0.2, 0) is 55.5 Å². The van der Waals surface area contributed by atoms with Crippen molar-refractivity contribution in [1.82, 2.24) is 25.2 Å². The monoisotopic (exact) mass is 668 g/mol. The molecule has 0 saturated heterocycles. The second-order valence-corrected chi connectivity index (χ2v) is 12.7. The Morgan fingerprint density at radius 1 is 1.18 bits per heavy atom. The average Bonchev–Trinajstić information content (AvgIpc) is 3.44. The second kappa shape index (κ2) is 11.9. The van der Waals surface area contributed by atoms with Crippen LogP contribution in [0.2, 0.25) is 0 Å². The number of nitrogens with two attached hydrogens (primary N) is 1. The standard InChI is InChI=1S/C35H33FN6O7/c1-3-35(48)21-11-26-31-19(14-42(26)33(46)20(21)15-49-34(35)47)30-23(5-4-18-16(2)22(36)12-24(40-31)29(18)30)41-32(45)25(13-27(37)43)39-28(44)10-17-6-8-38-9-7-17/h6-9,11-12,23,25,48H,3-5,10,13-15H2,1-2H3,(H2,37,43)(H,39,44)(H,41,45)/t23-,25-,35-/m0/s1. The Balaban J connectivity index is 1.31. The molecule has 0 spiro atoms. The van der Waals surface area contributed by atoms with Gasteiger partial charge in [-0.2, -0.15) is 0 Å². The van der Waals surface area contributed by atoms with E-state index in [0.717, 1.165) is 5.56 Å². The fourth-order valence-corrected chi connectivity index (χ4v) is 7.31. The number of halogens is 1. The number of benzene rings is 1. The van der Waals surface area contributed by atoms with Crippen molar-refractivity contribution in [2.45, 2.75) is 76.8 Å². The summed E-state index contributed by atoms with van der Waals surface area (Å²) in [6, 6.07) is 4.26. The number of esters is 1. The summed E-state index contributed by atoms with van der Waals surface area (Å²) in [5, 5.41) is 17.6. The molecule has 14 heteroatoms. The van der Waals surface area contributed by atoms with Crippen LogP contribution in [0.15, 0.2) is 41.5 Å². The zero-order valence-corrected chi connectivity index (χ0v) is 26.8. The van der Waals surface area contributed by atoms with E-state index in [4.69, 9.17) is 15.5 Å². The first-order valence-electron chi connectivity index (χ1n) is 16.0. The van der Waals surface area contributed by atoms with Crippen LogP contribution in [0.1, 0.15) is 71.2 Å². The predicted octanol–water partition coefficient (Wildman–Crippen LogP) is 1.63. The fraction of sp³-hybridized carbons (Fsp3) is 0.343. The Hall–Kier alpha value is -5.50. The van der Waals surface area contributed by atoms with Gasteiger partial charge in [0.25, 0.3) is 5.56 Å². The van der Waals surface area contributed by atoms with Crippen molar-refractivity contribution in [2.75, 3.05) is 0 Å². The summed E-state index contributed by atoms with van der Waals surface area (Å²) in [4.78, 5) is 74.0. The van der Waals surface area contributed by atoms with Gasteiger partial charge in [0.05, 0.1) is 47.9 Å². The van der Waals surface area contributed by atoms with Crippen LogP contribution in [0.5, 0.6) is 0 Å². The molecule has 0 unspecified atom stereocenters. The summed E-state index contributed by atoms with van der Waals surface area (Å²) in [7, 11) is 0. The van der Waals surface area contributed by atoms with Gasteiger partial charge in [-0.15, -0.1) is 0 Å². The maximum absolute atomic E-state index is 15.3. The van der Waals surface area contributed by atoms with E-state index in [0.29, 0.717) is 57.4 Å². The molecule has 4 aromatic rings. The van der Waals surface area contributed by atoms with Gasteiger partial charge in [-0.1, -0.05) is 6.92 Å². The Morgan fingerprint density at radius 2 is 1.94 bits per heavy atom. The molecule has 5 heterocycles. The number of amides is 3.